The molecule has 5 nitrogen and oxygen atoms in total. The fraction of sp³-hybridized carbons (Fsp3) is 0.765. The summed E-state index contributed by atoms with van der Waals surface area (Å²) in [5, 5.41) is 7.75. The molecule has 0 atom stereocenters. The Kier molecular flexibility index (Phi) is 11.6. The molecule has 7 heteroatoms. The van der Waals surface area contributed by atoms with Crippen LogP contribution in [0.3, 0.4) is 0 Å². The fourth-order valence-electron chi connectivity index (χ4n) is 2.73. The normalized spacial score (nSPS) is 15.8. The van der Waals surface area contributed by atoms with Gasteiger partial charge in [0.2, 0.25) is 0 Å². The van der Waals surface area contributed by atoms with Crippen molar-refractivity contribution in [3.63, 3.8) is 0 Å². The maximum absolute atomic E-state index is 5.93. The van der Waals surface area contributed by atoms with Crippen molar-refractivity contribution in [1.29, 1.82) is 0 Å². The molecule has 24 heavy (non-hydrogen) atoms. The number of thiazole rings is 1. The van der Waals surface area contributed by atoms with E-state index in [0.717, 1.165) is 43.5 Å². The van der Waals surface area contributed by atoms with Gasteiger partial charge in [0.1, 0.15) is 5.01 Å². The van der Waals surface area contributed by atoms with Crippen LogP contribution >= 0.6 is 35.3 Å². The van der Waals surface area contributed by atoms with Gasteiger partial charge in [0.25, 0.3) is 0 Å². The second-order valence-corrected chi connectivity index (χ2v) is 7.11. The van der Waals surface area contributed by atoms with Crippen LogP contribution in [0.5, 0.6) is 0 Å². The molecule has 0 radical (unpaired) electrons. The quantitative estimate of drug-likeness (QED) is 0.265. The molecule has 0 aromatic carbocycles. The lowest BCUT2D eigenvalue weighted by Crippen LogP contribution is -2.37. The van der Waals surface area contributed by atoms with Crippen molar-refractivity contribution in [1.82, 2.24) is 15.6 Å². The second kappa shape index (κ2) is 12.9. The van der Waals surface area contributed by atoms with E-state index in [1.165, 1.54) is 37.0 Å². The van der Waals surface area contributed by atoms with E-state index in [1.54, 1.807) is 18.4 Å². The van der Waals surface area contributed by atoms with E-state index in [4.69, 9.17) is 4.74 Å². The predicted octanol–water partition coefficient (Wildman–Crippen LogP) is 3.73. The number of nitrogens with zero attached hydrogens (tertiary/aromatic N) is 2. The number of aryl methyl sites for hydroxylation is 1. The summed E-state index contributed by atoms with van der Waals surface area (Å²) >= 11 is 1.76. The zero-order chi connectivity index (χ0) is 16.3. The largest absolute Gasteiger partial charge is 0.378 e. The van der Waals surface area contributed by atoms with Gasteiger partial charge in [-0.2, -0.15) is 0 Å². The van der Waals surface area contributed by atoms with Crippen molar-refractivity contribution < 1.29 is 4.74 Å². The number of guanidine groups is 1. The van der Waals surface area contributed by atoms with Crippen molar-refractivity contribution in [2.24, 2.45) is 4.99 Å². The Morgan fingerprint density at radius 3 is 2.79 bits per heavy atom. The van der Waals surface area contributed by atoms with E-state index >= 15 is 0 Å². The van der Waals surface area contributed by atoms with E-state index in [0.29, 0.717) is 6.10 Å². The molecule has 1 heterocycles. The molecule has 1 aromatic heterocycles. The third kappa shape index (κ3) is 8.11. The molecule has 0 amide bonds. The number of aromatic nitrogens is 1. The van der Waals surface area contributed by atoms with Gasteiger partial charge in [-0.15, -0.1) is 35.3 Å². The molecule has 1 fully saturated rings. The molecular formula is C17H31IN4OS. The van der Waals surface area contributed by atoms with Gasteiger partial charge in [0.05, 0.1) is 12.6 Å². The van der Waals surface area contributed by atoms with Crippen LogP contribution in [0.25, 0.3) is 0 Å². The highest BCUT2D eigenvalue weighted by Gasteiger charge is 2.12. The zero-order valence-electron chi connectivity index (χ0n) is 14.8. The van der Waals surface area contributed by atoms with Crippen molar-refractivity contribution in [3.05, 3.63) is 16.1 Å². The number of halogens is 1. The lowest BCUT2D eigenvalue weighted by atomic mass is 9.98. The SMILES string of the molecule is CCc1cnc(CNC(=NC)NCCCOC2CCCCC2)s1.I. The van der Waals surface area contributed by atoms with E-state index in [-0.39, 0.29) is 24.0 Å². The van der Waals surface area contributed by atoms with Crippen LogP contribution in [-0.4, -0.2) is 37.2 Å². The summed E-state index contributed by atoms with van der Waals surface area (Å²) in [6.07, 6.45) is 11.0. The standard InChI is InChI=1S/C17H30N4OS.HI/c1-3-15-12-20-16(23-15)13-21-17(18-2)19-10-7-11-22-14-8-5-4-6-9-14;/h12,14H,3-11,13H2,1-2H3,(H2,18,19,21);1H. The average molecular weight is 466 g/mol. The van der Waals surface area contributed by atoms with Gasteiger partial charge in [0.15, 0.2) is 5.96 Å². The highest BCUT2D eigenvalue weighted by molar-refractivity contribution is 14.0. The van der Waals surface area contributed by atoms with Crippen LogP contribution in [0.15, 0.2) is 11.2 Å². The van der Waals surface area contributed by atoms with Crippen LogP contribution < -0.4 is 10.6 Å². The van der Waals surface area contributed by atoms with Crippen molar-refractivity contribution >= 4 is 41.3 Å². The van der Waals surface area contributed by atoms with Gasteiger partial charge in [0, 0.05) is 31.3 Å². The summed E-state index contributed by atoms with van der Waals surface area (Å²) in [7, 11) is 1.80. The minimum atomic E-state index is 0. The van der Waals surface area contributed by atoms with Crippen molar-refractivity contribution in [3.8, 4) is 0 Å². The van der Waals surface area contributed by atoms with E-state index in [2.05, 4.69) is 27.5 Å². The maximum Gasteiger partial charge on any atom is 0.191 e. The van der Waals surface area contributed by atoms with Gasteiger partial charge in [-0.1, -0.05) is 26.2 Å². The molecular weight excluding hydrogens is 435 g/mol. The van der Waals surface area contributed by atoms with Crippen LogP contribution in [0.4, 0.5) is 0 Å². The molecule has 0 spiro atoms. The first kappa shape index (κ1) is 21.6. The molecule has 0 unspecified atom stereocenters. The van der Waals surface area contributed by atoms with Crippen LogP contribution in [0.1, 0.15) is 55.3 Å². The van der Waals surface area contributed by atoms with E-state index in [1.807, 2.05) is 6.20 Å². The Labute approximate surface area is 167 Å². The number of hydrogen-bond donors (Lipinski definition) is 2. The van der Waals surface area contributed by atoms with E-state index in [9.17, 15) is 0 Å². The fourth-order valence-corrected chi connectivity index (χ4v) is 3.54. The third-order valence-corrected chi connectivity index (χ3v) is 5.24. The second-order valence-electron chi connectivity index (χ2n) is 5.91. The lowest BCUT2D eigenvalue weighted by molar-refractivity contribution is 0.0277. The summed E-state index contributed by atoms with van der Waals surface area (Å²) in [5.74, 6) is 0.830. The Bertz CT molecular complexity index is 475. The minimum absolute atomic E-state index is 0. The Morgan fingerprint density at radius 1 is 1.33 bits per heavy atom. The molecule has 0 saturated heterocycles. The summed E-state index contributed by atoms with van der Waals surface area (Å²) in [4.78, 5) is 9.98. The summed E-state index contributed by atoms with van der Waals surface area (Å²) in [5.41, 5.74) is 0. The number of hydrogen-bond acceptors (Lipinski definition) is 4. The van der Waals surface area contributed by atoms with Crippen LogP contribution in [-0.2, 0) is 17.7 Å². The number of aliphatic imine (C=N–C) groups is 1. The molecule has 1 aliphatic rings. The molecule has 1 saturated carbocycles. The average Bonchev–Trinajstić information content (AvgIpc) is 3.06. The van der Waals surface area contributed by atoms with Crippen LogP contribution in [0, 0.1) is 0 Å². The Balaban J connectivity index is 0.00000288. The Morgan fingerprint density at radius 2 is 2.12 bits per heavy atom. The maximum atomic E-state index is 5.93. The first-order valence-electron chi connectivity index (χ1n) is 8.81. The lowest BCUT2D eigenvalue weighted by Gasteiger charge is -2.22. The zero-order valence-corrected chi connectivity index (χ0v) is 18.0. The van der Waals surface area contributed by atoms with E-state index < -0.39 is 0 Å². The topological polar surface area (TPSA) is 58.5 Å². The molecule has 1 aromatic rings. The number of nitrogens with one attached hydrogen (secondary N) is 2. The van der Waals surface area contributed by atoms with Crippen LogP contribution in [0.2, 0.25) is 0 Å². The van der Waals surface area contributed by atoms with Gasteiger partial charge < -0.3 is 15.4 Å². The first-order chi connectivity index (χ1) is 11.3. The minimum Gasteiger partial charge on any atom is -0.378 e. The van der Waals surface area contributed by atoms with Gasteiger partial charge in [-0.3, -0.25) is 4.99 Å². The molecule has 0 aliphatic heterocycles. The summed E-state index contributed by atoms with van der Waals surface area (Å²) in [6, 6.07) is 0. The highest BCUT2D eigenvalue weighted by Crippen LogP contribution is 2.20. The number of ether oxygens (including phenoxy) is 1. The predicted molar refractivity (Wildman–Crippen MR) is 113 cm³/mol. The Hall–Kier alpha value is -0.410. The highest BCUT2D eigenvalue weighted by atomic mass is 127. The van der Waals surface area contributed by atoms with Crippen molar-refractivity contribution in [2.45, 2.75) is 64.5 Å². The molecule has 2 rings (SSSR count). The smallest absolute Gasteiger partial charge is 0.191 e. The molecule has 2 N–H and O–H groups in total. The van der Waals surface area contributed by atoms with Gasteiger partial charge in [-0.25, -0.2) is 4.98 Å². The molecule has 0 bridgehead atoms. The first-order valence-corrected chi connectivity index (χ1v) is 9.63. The summed E-state index contributed by atoms with van der Waals surface area (Å²) in [6.45, 7) is 4.59. The van der Waals surface area contributed by atoms with Crippen molar-refractivity contribution in [2.75, 3.05) is 20.2 Å². The summed E-state index contributed by atoms with van der Waals surface area (Å²) < 4.78 is 5.93. The molecule has 1 aliphatic carbocycles. The van der Waals surface area contributed by atoms with Gasteiger partial charge >= 0.3 is 0 Å². The van der Waals surface area contributed by atoms with Gasteiger partial charge in [-0.05, 0) is 25.7 Å². The number of rotatable bonds is 8. The molecule has 138 valence electrons. The monoisotopic (exact) mass is 466 g/mol. The third-order valence-electron chi connectivity index (χ3n) is 4.10.